The van der Waals surface area contributed by atoms with Gasteiger partial charge in [0.15, 0.2) is 0 Å². The van der Waals surface area contributed by atoms with Gasteiger partial charge in [-0.25, -0.2) is 8.42 Å². The van der Waals surface area contributed by atoms with E-state index in [1.54, 1.807) is 11.4 Å². The molecule has 1 atom stereocenters. The molecule has 1 fully saturated rings. The van der Waals surface area contributed by atoms with E-state index in [1.165, 1.54) is 4.31 Å². The Hall–Kier alpha value is -2.56. The molecule has 10 heteroatoms. The van der Waals surface area contributed by atoms with Crippen LogP contribution in [0.3, 0.4) is 0 Å². The summed E-state index contributed by atoms with van der Waals surface area (Å²) in [5, 5.41) is 8.61. The first-order valence-electron chi connectivity index (χ1n) is 10.6. The van der Waals surface area contributed by atoms with Crippen molar-refractivity contribution >= 4 is 33.0 Å². The van der Waals surface area contributed by atoms with Crippen molar-refractivity contribution in [3.63, 3.8) is 0 Å². The zero-order valence-corrected chi connectivity index (χ0v) is 19.9. The van der Waals surface area contributed by atoms with Gasteiger partial charge in [0, 0.05) is 36.1 Å². The first-order valence-corrected chi connectivity index (χ1v) is 12.9. The van der Waals surface area contributed by atoms with E-state index in [2.05, 4.69) is 15.5 Å². The van der Waals surface area contributed by atoms with Crippen molar-refractivity contribution in [1.29, 1.82) is 0 Å². The van der Waals surface area contributed by atoms with Crippen molar-refractivity contribution in [2.24, 2.45) is 5.92 Å². The van der Waals surface area contributed by atoms with E-state index in [4.69, 9.17) is 4.52 Å². The van der Waals surface area contributed by atoms with E-state index in [-0.39, 0.29) is 16.7 Å². The van der Waals surface area contributed by atoms with Gasteiger partial charge in [0.2, 0.25) is 17.6 Å². The van der Waals surface area contributed by atoms with Crippen LogP contribution in [0.1, 0.15) is 36.8 Å². The molecule has 8 nitrogen and oxygen atoms in total. The molecule has 0 saturated carbocycles. The molecule has 32 heavy (non-hydrogen) atoms. The molecule has 0 aliphatic carbocycles. The minimum Gasteiger partial charge on any atom is -0.339 e. The third kappa shape index (κ3) is 4.48. The fourth-order valence-corrected chi connectivity index (χ4v) is 6.54. The van der Waals surface area contributed by atoms with Crippen LogP contribution in [0.2, 0.25) is 0 Å². The Morgan fingerprint density at radius 1 is 1.34 bits per heavy atom. The van der Waals surface area contributed by atoms with E-state index < -0.39 is 15.9 Å². The number of rotatable bonds is 6. The Balaban J connectivity index is 1.48. The summed E-state index contributed by atoms with van der Waals surface area (Å²) in [5.74, 6) is 0.333. The lowest BCUT2D eigenvalue weighted by atomic mass is 9.98. The van der Waals surface area contributed by atoms with E-state index in [1.807, 2.05) is 39.0 Å². The maximum atomic E-state index is 13.3. The number of hydrogen-bond donors (Lipinski definition) is 1. The van der Waals surface area contributed by atoms with Crippen LogP contribution in [0.15, 0.2) is 38.4 Å². The van der Waals surface area contributed by atoms with Crippen molar-refractivity contribution in [2.45, 2.75) is 44.2 Å². The van der Waals surface area contributed by atoms with Gasteiger partial charge >= 0.3 is 0 Å². The number of nitrogens with one attached hydrogen (secondary N) is 1. The van der Waals surface area contributed by atoms with Crippen molar-refractivity contribution in [1.82, 2.24) is 14.4 Å². The first kappa shape index (κ1) is 22.6. The number of aryl methyl sites for hydroxylation is 2. The molecule has 1 aromatic carbocycles. The van der Waals surface area contributed by atoms with E-state index in [0.29, 0.717) is 43.1 Å². The van der Waals surface area contributed by atoms with Crippen LogP contribution in [0.5, 0.6) is 0 Å². The lowest BCUT2D eigenvalue weighted by Crippen LogP contribution is -2.43. The molecule has 1 aliphatic rings. The second-order valence-corrected chi connectivity index (χ2v) is 11.0. The Kier molecular flexibility index (Phi) is 6.45. The summed E-state index contributed by atoms with van der Waals surface area (Å²) in [7, 11) is -3.72. The summed E-state index contributed by atoms with van der Waals surface area (Å²) in [6.07, 6.45) is 1.90. The maximum Gasteiger partial charge on any atom is 0.252 e. The molecule has 1 amide bonds. The topological polar surface area (TPSA) is 105 Å². The number of thiophene rings is 1. The molecule has 1 unspecified atom stereocenters. The third-order valence-electron chi connectivity index (χ3n) is 5.82. The molecule has 1 saturated heterocycles. The average Bonchev–Trinajstić information content (AvgIpc) is 3.47. The summed E-state index contributed by atoms with van der Waals surface area (Å²) in [4.78, 5) is 17.2. The van der Waals surface area contributed by atoms with Gasteiger partial charge < -0.3 is 9.84 Å². The van der Waals surface area contributed by atoms with Crippen LogP contribution in [0.25, 0.3) is 11.4 Å². The van der Waals surface area contributed by atoms with E-state index in [9.17, 15) is 13.2 Å². The van der Waals surface area contributed by atoms with Crippen LogP contribution < -0.4 is 5.32 Å². The number of carbonyl (C=O) groups excluding carboxylic acids is 1. The standard InChI is InChI=1S/C22H26N4O4S2/c1-4-19-24-21(25-30-19)17-11-20(31-13-17)32(28,29)26-10-6-8-16(12-26)22(27)23-18-9-5-7-14(2)15(18)3/h5,7,9,11,13,16H,4,6,8,10,12H2,1-3H3,(H,23,27). The molecule has 1 N–H and O–H groups in total. The fourth-order valence-electron chi connectivity index (χ4n) is 3.71. The molecule has 3 aromatic rings. The molecule has 0 spiro atoms. The van der Waals surface area contributed by atoms with Gasteiger partial charge in [-0.2, -0.15) is 9.29 Å². The second-order valence-electron chi connectivity index (χ2n) is 7.96. The highest BCUT2D eigenvalue weighted by atomic mass is 32.2. The highest BCUT2D eigenvalue weighted by Gasteiger charge is 2.34. The van der Waals surface area contributed by atoms with Crippen LogP contribution in [0.4, 0.5) is 5.69 Å². The molecule has 2 aromatic heterocycles. The molecule has 3 heterocycles. The minimum atomic E-state index is -3.72. The number of aromatic nitrogens is 2. The number of hydrogen-bond acceptors (Lipinski definition) is 7. The number of benzene rings is 1. The number of anilines is 1. The molecule has 0 radical (unpaired) electrons. The van der Waals surface area contributed by atoms with Crippen LogP contribution >= 0.6 is 11.3 Å². The number of nitrogens with zero attached hydrogens (tertiary/aromatic N) is 3. The summed E-state index contributed by atoms with van der Waals surface area (Å²) in [6.45, 7) is 6.42. The molecular formula is C22H26N4O4S2. The van der Waals surface area contributed by atoms with Crippen molar-refractivity contribution < 1.29 is 17.7 Å². The van der Waals surface area contributed by atoms with E-state index in [0.717, 1.165) is 28.2 Å². The predicted octanol–water partition coefficient (Wildman–Crippen LogP) is 4.02. The summed E-state index contributed by atoms with van der Waals surface area (Å²) in [5.41, 5.74) is 3.49. The lowest BCUT2D eigenvalue weighted by molar-refractivity contribution is -0.120. The van der Waals surface area contributed by atoms with Gasteiger partial charge in [-0.1, -0.05) is 24.2 Å². The number of amides is 1. The van der Waals surface area contributed by atoms with Gasteiger partial charge in [0.25, 0.3) is 10.0 Å². The molecule has 170 valence electrons. The quantitative estimate of drug-likeness (QED) is 0.579. The number of carbonyl (C=O) groups is 1. The highest BCUT2D eigenvalue weighted by Crippen LogP contribution is 2.31. The van der Waals surface area contributed by atoms with Crippen LogP contribution in [0, 0.1) is 19.8 Å². The highest BCUT2D eigenvalue weighted by molar-refractivity contribution is 7.91. The summed E-state index contributed by atoms with van der Waals surface area (Å²) >= 11 is 1.13. The van der Waals surface area contributed by atoms with Gasteiger partial charge in [0.1, 0.15) is 4.21 Å². The normalized spacial score (nSPS) is 17.4. The zero-order valence-electron chi connectivity index (χ0n) is 18.3. The van der Waals surface area contributed by atoms with Crippen LogP contribution in [-0.2, 0) is 21.2 Å². The van der Waals surface area contributed by atoms with Gasteiger partial charge in [-0.3, -0.25) is 4.79 Å². The van der Waals surface area contributed by atoms with Gasteiger partial charge in [-0.05, 0) is 49.9 Å². The summed E-state index contributed by atoms with van der Waals surface area (Å²) < 4.78 is 33.3. The Bertz CT molecular complexity index is 1230. The molecule has 0 bridgehead atoms. The summed E-state index contributed by atoms with van der Waals surface area (Å²) in [6, 6.07) is 7.33. The maximum absolute atomic E-state index is 13.3. The average molecular weight is 475 g/mol. The largest absolute Gasteiger partial charge is 0.339 e. The predicted molar refractivity (Wildman–Crippen MR) is 123 cm³/mol. The van der Waals surface area contributed by atoms with E-state index >= 15 is 0 Å². The Morgan fingerprint density at radius 3 is 2.91 bits per heavy atom. The van der Waals surface area contributed by atoms with Gasteiger partial charge in [-0.15, -0.1) is 11.3 Å². The fraction of sp³-hybridized carbons (Fsp3) is 0.409. The van der Waals surface area contributed by atoms with Crippen molar-refractivity contribution in [2.75, 3.05) is 18.4 Å². The molecular weight excluding hydrogens is 448 g/mol. The number of sulfonamides is 1. The monoisotopic (exact) mass is 474 g/mol. The van der Waals surface area contributed by atoms with Crippen molar-refractivity contribution in [3.8, 4) is 11.4 Å². The molecule has 4 rings (SSSR count). The lowest BCUT2D eigenvalue weighted by Gasteiger charge is -2.31. The van der Waals surface area contributed by atoms with Crippen LogP contribution in [-0.4, -0.2) is 41.9 Å². The Labute approximate surface area is 191 Å². The zero-order chi connectivity index (χ0) is 22.9. The molecule has 1 aliphatic heterocycles. The second kappa shape index (κ2) is 9.13. The third-order valence-corrected chi connectivity index (χ3v) is 9.10. The smallest absolute Gasteiger partial charge is 0.252 e. The van der Waals surface area contributed by atoms with Gasteiger partial charge in [0.05, 0.1) is 5.92 Å². The number of piperidine rings is 1. The minimum absolute atomic E-state index is 0.149. The first-order chi connectivity index (χ1) is 15.3. The SMILES string of the molecule is CCc1nc(-c2csc(S(=O)(=O)N3CCCC(C(=O)Nc4cccc(C)c4C)C3)c2)no1. The Morgan fingerprint density at radius 2 is 2.16 bits per heavy atom. The van der Waals surface area contributed by atoms with Crippen molar-refractivity contribution in [3.05, 3.63) is 46.7 Å².